The third-order valence-electron chi connectivity index (χ3n) is 4.46. The monoisotopic (exact) mass is 371 g/mol. The predicted octanol–water partition coefficient (Wildman–Crippen LogP) is 2.15. The lowest BCUT2D eigenvalue weighted by Crippen LogP contribution is -2.64. The first kappa shape index (κ1) is 20.7. The Balaban J connectivity index is 1.83. The number of rotatable bonds is 9. The van der Waals surface area contributed by atoms with Gasteiger partial charge in [-0.15, -0.1) is 0 Å². The number of carbonyl (C=O) groups is 2. The summed E-state index contributed by atoms with van der Waals surface area (Å²) in [5, 5.41) is 2.91. The van der Waals surface area contributed by atoms with Gasteiger partial charge in [0.2, 0.25) is 11.8 Å². The quantitative estimate of drug-likeness (QED) is 0.534. The van der Waals surface area contributed by atoms with E-state index in [4.69, 9.17) is 4.74 Å². The molecular weight excluding hydrogens is 342 g/mol. The zero-order valence-corrected chi connectivity index (χ0v) is 16.4. The van der Waals surface area contributed by atoms with Crippen LogP contribution >= 0.6 is 0 Å². The second-order valence-corrected chi connectivity index (χ2v) is 6.98. The SMILES string of the molecule is CC/C=C/C=C/C(=O)NCC1(COC)CN(C(=O)/C=C/c2ccn(C)c2)C1. The van der Waals surface area contributed by atoms with E-state index in [0.717, 1.165) is 12.0 Å². The first-order valence-corrected chi connectivity index (χ1v) is 9.17. The summed E-state index contributed by atoms with van der Waals surface area (Å²) in [4.78, 5) is 26.0. The molecule has 0 spiro atoms. The first-order valence-electron chi connectivity index (χ1n) is 9.17. The average molecular weight is 371 g/mol. The molecule has 0 bridgehead atoms. The molecule has 0 atom stereocenters. The molecule has 1 aliphatic heterocycles. The van der Waals surface area contributed by atoms with Gasteiger partial charge in [0.25, 0.3) is 0 Å². The van der Waals surface area contributed by atoms with Crippen molar-refractivity contribution in [3.05, 3.63) is 54.4 Å². The fraction of sp³-hybridized carbons (Fsp3) is 0.429. The van der Waals surface area contributed by atoms with Crippen LogP contribution in [0.25, 0.3) is 6.08 Å². The minimum Gasteiger partial charge on any atom is -0.384 e. The molecule has 146 valence electrons. The van der Waals surface area contributed by atoms with E-state index >= 15 is 0 Å². The van der Waals surface area contributed by atoms with Gasteiger partial charge < -0.3 is 19.5 Å². The average Bonchev–Trinajstić information content (AvgIpc) is 3.03. The second kappa shape index (κ2) is 9.92. The van der Waals surface area contributed by atoms with E-state index in [-0.39, 0.29) is 17.2 Å². The van der Waals surface area contributed by atoms with E-state index in [0.29, 0.717) is 26.2 Å². The Morgan fingerprint density at radius 1 is 1.30 bits per heavy atom. The molecule has 0 unspecified atom stereocenters. The van der Waals surface area contributed by atoms with Crippen molar-refractivity contribution in [3.63, 3.8) is 0 Å². The van der Waals surface area contributed by atoms with Gasteiger partial charge in [0, 0.05) is 63.8 Å². The minimum atomic E-state index is -0.228. The largest absolute Gasteiger partial charge is 0.384 e. The van der Waals surface area contributed by atoms with Gasteiger partial charge in [-0.2, -0.15) is 0 Å². The Bertz CT molecular complexity index is 725. The van der Waals surface area contributed by atoms with Gasteiger partial charge in [-0.05, 0) is 24.1 Å². The van der Waals surface area contributed by atoms with E-state index in [9.17, 15) is 9.59 Å². The van der Waals surface area contributed by atoms with E-state index in [1.165, 1.54) is 6.08 Å². The van der Waals surface area contributed by atoms with Crippen LogP contribution in [0.2, 0.25) is 0 Å². The molecule has 6 heteroatoms. The summed E-state index contributed by atoms with van der Waals surface area (Å²) < 4.78 is 7.25. The Kier molecular flexibility index (Phi) is 7.61. The third-order valence-corrected chi connectivity index (χ3v) is 4.46. The molecule has 6 nitrogen and oxygen atoms in total. The summed E-state index contributed by atoms with van der Waals surface area (Å²) in [7, 11) is 3.58. The summed E-state index contributed by atoms with van der Waals surface area (Å²) in [5.41, 5.74) is 0.763. The lowest BCUT2D eigenvalue weighted by atomic mass is 9.80. The number of allylic oxidation sites excluding steroid dienone is 3. The molecule has 1 aromatic rings. The Hall–Kier alpha value is -2.60. The molecule has 2 amide bonds. The number of nitrogens with one attached hydrogen (secondary N) is 1. The lowest BCUT2D eigenvalue weighted by molar-refractivity contribution is -0.141. The van der Waals surface area contributed by atoms with Gasteiger partial charge in [-0.25, -0.2) is 0 Å². The van der Waals surface area contributed by atoms with Crippen LogP contribution in [-0.2, 0) is 21.4 Å². The number of methoxy groups -OCH3 is 1. The fourth-order valence-corrected chi connectivity index (χ4v) is 3.07. The molecule has 1 aromatic heterocycles. The number of likely N-dealkylation sites (tertiary alicyclic amines) is 1. The lowest BCUT2D eigenvalue weighted by Gasteiger charge is -2.49. The Labute approximate surface area is 161 Å². The molecule has 0 saturated carbocycles. The van der Waals surface area contributed by atoms with Crippen molar-refractivity contribution in [3.8, 4) is 0 Å². The molecule has 27 heavy (non-hydrogen) atoms. The number of amides is 2. The fourth-order valence-electron chi connectivity index (χ4n) is 3.07. The molecular formula is C21H29N3O3. The number of ether oxygens (including phenoxy) is 1. The molecule has 0 aromatic carbocycles. The summed E-state index contributed by atoms with van der Waals surface area (Å²) in [6.07, 6.45) is 15.3. The van der Waals surface area contributed by atoms with Crippen LogP contribution in [-0.4, -0.2) is 54.6 Å². The number of hydrogen-bond acceptors (Lipinski definition) is 3. The standard InChI is InChI=1S/C21H29N3O3/c1-4-5-6-7-8-19(25)22-14-21(17-27-3)15-24(16-21)20(26)10-9-18-11-12-23(2)13-18/h5-13H,4,14-17H2,1-3H3,(H,22,25)/b6-5+,8-7+,10-9+. The van der Waals surface area contributed by atoms with Crippen LogP contribution in [0.5, 0.6) is 0 Å². The molecule has 2 rings (SSSR count). The van der Waals surface area contributed by atoms with Crippen molar-refractivity contribution >= 4 is 17.9 Å². The van der Waals surface area contributed by atoms with Crippen LogP contribution in [0.4, 0.5) is 0 Å². The zero-order valence-electron chi connectivity index (χ0n) is 16.4. The summed E-state index contributed by atoms with van der Waals surface area (Å²) in [6.45, 7) is 4.15. The van der Waals surface area contributed by atoms with E-state index in [1.54, 1.807) is 24.2 Å². The van der Waals surface area contributed by atoms with Crippen molar-refractivity contribution in [1.29, 1.82) is 0 Å². The van der Waals surface area contributed by atoms with E-state index in [1.807, 2.05) is 55.2 Å². The molecule has 1 saturated heterocycles. The van der Waals surface area contributed by atoms with Crippen molar-refractivity contribution < 1.29 is 14.3 Å². The van der Waals surface area contributed by atoms with Gasteiger partial charge >= 0.3 is 0 Å². The van der Waals surface area contributed by atoms with E-state index in [2.05, 4.69) is 5.32 Å². The van der Waals surface area contributed by atoms with Crippen LogP contribution in [0, 0.1) is 5.41 Å². The summed E-state index contributed by atoms with van der Waals surface area (Å²) in [6, 6.07) is 1.95. The number of nitrogens with zero attached hydrogens (tertiary/aromatic N) is 2. The molecule has 2 heterocycles. The number of aromatic nitrogens is 1. The van der Waals surface area contributed by atoms with Crippen molar-refractivity contribution in [1.82, 2.24) is 14.8 Å². The Morgan fingerprint density at radius 2 is 2.07 bits per heavy atom. The molecule has 1 N–H and O–H groups in total. The topological polar surface area (TPSA) is 63.6 Å². The predicted molar refractivity (Wildman–Crippen MR) is 107 cm³/mol. The van der Waals surface area contributed by atoms with Gasteiger partial charge in [0.1, 0.15) is 0 Å². The number of hydrogen-bond donors (Lipinski definition) is 1. The number of carbonyl (C=O) groups excluding carboxylic acids is 2. The second-order valence-electron chi connectivity index (χ2n) is 6.98. The van der Waals surface area contributed by atoms with Gasteiger partial charge in [0.05, 0.1) is 6.61 Å². The molecule has 1 aliphatic rings. The van der Waals surface area contributed by atoms with Crippen molar-refractivity contribution in [2.45, 2.75) is 13.3 Å². The first-order chi connectivity index (χ1) is 13.0. The van der Waals surface area contributed by atoms with Gasteiger partial charge in [-0.1, -0.05) is 25.2 Å². The number of aryl methyl sites for hydroxylation is 1. The van der Waals surface area contributed by atoms with E-state index < -0.39 is 0 Å². The van der Waals surface area contributed by atoms with Gasteiger partial charge in [-0.3, -0.25) is 9.59 Å². The molecule has 0 radical (unpaired) electrons. The highest BCUT2D eigenvalue weighted by atomic mass is 16.5. The summed E-state index contributed by atoms with van der Waals surface area (Å²) >= 11 is 0. The maximum atomic E-state index is 12.3. The van der Waals surface area contributed by atoms with Crippen LogP contribution < -0.4 is 5.32 Å². The highest BCUT2D eigenvalue weighted by molar-refractivity contribution is 5.92. The Morgan fingerprint density at radius 3 is 2.70 bits per heavy atom. The molecule has 0 aliphatic carbocycles. The minimum absolute atomic E-state index is 0.0264. The van der Waals surface area contributed by atoms with Crippen LogP contribution in [0.15, 0.2) is 48.8 Å². The molecule has 1 fully saturated rings. The highest BCUT2D eigenvalue weighted by Crippen LogP contribution is 2.30. The highest BCUT2D eigenvalue weighted by Gasteiger charge is 2.44. The zero-order chi connectivity index (χ0) is 19.7. The normalized spacial score (nSPS) is 16.3. The van der Waals surface area contributed by atoms with Crippen LogP contribution in [0.3, 0.4) is 0 Å². The maximum Gasteiger partial charge on any atom is 0.246 e. The summed E-state index contributed by atoms with van der Waals surface area (Å²) in [5.74, 6) is -0.165. The van der Waals surface area contributed by atoms with Crippen molar-refractivity contribution in [2.24, 2.45) is 12.5 Å². The van der Waals surface area contributed by atoms with Gasteiger partial charge in [0.15, 0.2) is 0 Å². The maximum absolute atomic E-state index is 12.3. The van der Waals surface area contributed by atoms with Crippen LogP contribution in [0.1, 0.15) is 18.9 Å². The smallest absolute Gasteiger partial charge is 0.246 e. The third kappa shape index (κ3) is 6.25. The van der Waals surface area contributed by atoms with Crippen molar-refractivity contribution in [2.75, 3.05) is 33.4 Å².